The molecule has 1 atom stereocenters. The summed E-state index contributed by atoms with van der Waals surface area (Å²) in [4.78, 5) is 14.5. The predicted octanol–water partition coefficient (Wildman–Crippen LogP) is 4.85. The van der Waals surface area contributed by atoms with Crippen LogP contribution in [0.3, 0.4) is 0 Å². The van der Waals surface area contributed by atoms with E-state index in [9.17, 15) is 9.90 Å². The van der Waals surface area contributed by atoms with E-state index in [0.29, 0.717) is 16.0 Å². The Morgan fingerprint density at radius 2 is 2.23 bits per heavy atom. The minimum Gasteiger partial charge on any atom is -0.506 e. The molecule has 0 aliphatic carbocycles. The number of ketones is 1. The fraction of sp³-hybridized carbons (Fsp3) is 0.467. The van der Waals surface area contributed by atoms with Crippen LogP contribution in [0.1, 0.15) is 30.1 Å². The second-order valence-electron chi connectivity index (χ2n) is 5.45. The summed E-state index contributed by atoms with van der Waals surface area (Å²) < 4.78 is 2.02. The largest absolute Gasteiger partial charge is 0.506 e. The molecule has 1 fully saturated rings. The lowest BCUT2D eigenvalue weighted by Crippen LogP contribution is -2.37. The van der Waals surface area contributed by atoms with E-state index < -0.39 is 0 Å². The Balaban J connectivity index is 1.97. The van der Waals surface area contributed by atoms with Gasteiger partial charge in [0.05, 0.1) is 15.8 Å². The van der Waals surface area contributed by atoms with Crippen molar-refractivity contribution in [3.8, 4) is 5.75 Å². The summed E-state index contributed by atoms with van der Waals surface area (Å²) in [7, 11) is 0. The van der Waals surface area contributed by atoms with Crippen molar-refractivity contribution < 1.29 is 9.90 Å². The lowest BCUT2D eigenvalue weighted by atomic mass is 10.0. The summed E-state index contributed by atoms with van der Waals surface area (Å²) in [6.45, 7) is 4.16. The van der Waals surface area contributed by atoms with Crippen LogP contribution in [0.5, 0.6) is 5.75 Å². The summed E-state index contributed by atoms with van der Waals surface area (Å²) in [5.74, 6) is 0.733. The summed E-state index contributed by atoms with van der Waals surface area (Å²) in [5, 5.41) is 10.0. The molecule has 0 aromatic heterocycles. The topological polar surface area (TPSA) is 40.5 Å². The first kappa shape index (κ1) is 18.2. The van der Waals surface area contributed by atoms with Crippen molar-refractivity contribution in [3.63, 3.8) is 0 Å². The third kappa shape index (κ3) is 4.69. The third-order valence-corrected chi connectivity index (χ3v) is 6.16. The average molecular weight is 467 g/mol. The fourth-order valence-corrected chi connectivity index (χ4v) is 4.76. The highest BCUT2D eigenvalue weighted by Crippen LogP contribution is 2.32. The van der Waals surface area contributed by atoms with Gasteiger partial charge in [-0.25, -0.2) is 0 Å². The van der Waals surface area contributed by atoms with E-state index in [1.165, 1.54) is 18.2 Å². The lowest BCUT2D eigenvalue weighted by Gasteiger charge is -2.32. The fourth-order valence-electron chi connectivity index (χ4n) is 2.43. The molecule has 1 saturated heterocycles. The molecule has 1 aromatic rings. The average Bonchev–Trinajstić information content (AvgIpc) is 2.48. The zero-order valence-electron chi connectivity index (χ0n) is 12.1. The van der Waals surface area contributed by atoms with Crippen LogP contribution in [0.4, 0.5) is 0 Å². The number of phenols is 1. The standard InChI is InChI=1S/C15H17Br2NO2S2/c1-9-3-2-4-18(7-9)15(21)22-8-13(19)11-5-10(16)6-12(17)14(11)20/h5-6,9,20H,2-4,7-8H2,1H3/t9-/m0/s1. The van der Waals surface area contributed by atoms with Crippen molar-refractivity contribution >= 4 is 65.9 Å². The van der Waals surface area contributed by atoms with E-state index in [1.54, 1.807) is 12.1 Å². The minimum absolute atomic E-state index is 0.0219. The first-order valence-electron chi connectivity index (χ1n) is 7.01. The molecule has 0 saturated carbocycles. The van der Waals surface area contributed by atoms with Crippen LogP contribution in [-0.2, 0) is 0 Å². The maximum atomic E-state index is 12.3. The van der Waals surface area contributed by atoms with Crippen LogP contribution in [0.25, 0.3) is 0 Å². The number of phenolic OH excluding ortho intramolecular Hbond substituents is 1. The Morgan fingerprint density at radius 1 is 1.50 bits per heavy atom. The van der Waals surface area contributed by atoms with Gasteiger partial charge in [0, 0.05) is 17.6 Å². The normalized spacial score (nSPS) is 18.3. The Hall–Kier alpha value is -0.110. The summed E-state index contributed by atoms with van der Waals surface area (Å²) in [5.41, 5.74) is 0.309. The lowest BCUT2D eigenvalue weighted by molar-refractivity contribution is 0.102. The van der Waals surface area contributed by atoms with Crippen LogP contribution in [0.15, 0.2) is 21.1 Å². The first-order chi connectivity index (χ1) is 10.4. The molecular formula is C15H17Br2NO2S2. The van der Waals surface area contributed by atoms with Crippen LogP contribution in [0.2, 0.25) is 0 Å². The van der Waals surface area contributed by atoms with Crippen LogP contribution in [0, 0.1) is 5.92 Å². The number of thioether (sulfide) groups is 1. The third-order valence-electron chi connectivity index (χ3n) is 3.57. The van der Waals surface area contributed by atoms with Gasteiger partial charge < -0.3 is 10.0 Å². The van der Waals surface area contributed by atoms with E-state index in [2.05, 4.69) is 43.7 Å². The van der Waals surface area contributed by atoms with Crippen molar-refractivity contribution in [2.45, 2.75) is 19.8 Å². The van der Waals surface area contributed by atoms with E-state index in [-0.39, 0.29) is 17.3 Å². The second-order valence-corrected chi connectivity index (χ2v) is 8.83. The number of hydrogen-bond acceptors (Lipinski definition) is 4. The molecule has 1 aromatic carbocycles. The molecule has 2 rings (SSSR count). The van der Waals surface area contributed by atoms with Crippen LogP contribution >= 0.6 is 55.8 Å². The number of benzene rings is 1. The number of carbonyl (C=O) groups is 1. The summed E-state index contributed by atoms with van der Waals surface area (Å²) >= 11 is 13.4. The predicted molar refractivity (Wildman–Crippen MR) is 103 cm³/mol. The molecule has 0 spiro atoms. The smallest absolute Gasteiger partial charge is 0.176 e. The zero-order valence-corrected chi connectivity index (χ0v) is 16.9. The van der Waals surface area contributed by atoms with Crippen molar-refractivity contribution in [3.05, 3.63) is 26.6 Å². The highest BCUT2D eigenvalue weighted by atomic mass is 79.9. The van der Waals surface area contributed by atoms with Crippen LogP contribution in [-0.4, -0.2) is 39.0 Å². The number of likely N-dealkylation sites (tertiary alicyclic amines) is 1. The Kier molecular flexibility index (Phi) is 6.73. The van der Waals surface area contributed by atoms with Crippen molar-refractivity contribution in [2.75, 3.05) is 18.8 Å². The van der Waals surface area contributed by atoms with Gasteiger partial charge in [0.15, 0.2) is 5.78 Å². The van der Waals surface area contributed by atoms with Gasteiger partial charge >= 0.3 is 0 Å². The molecule has 22 heavy (non-hydrogen) atoms. The molecular weight excluding hydrogens is 450 g/mol. The van der Waals surface area contributed by atoms with E-state index in [0.717, 1.165) is 28.3 Å². The maximum Gasteiger partial charge on any atom is 0.176 e. The number of nitrogens with zero attached hydrogens (tertiary/aromatic N) is 1. The van der Waals surface area contributed by atoms with Gasteiger partial charge in [0.1, 0.15) is 10.1 Å². The number of rotatable bonds is 3. The highest BCUT2D eigenvalue weighted by molar-refractivity contribution is 9.11. The van der Waals surface area contributed by atoms with Crippen molar-refractivity contribution in [1.82, 2.24) is 4.90 Å². The molecule has 1 heterocycles. The van der Waals surface area contributed by atoms with E-state index in [4.69, 9.17) is 12.2 Å². The van der Waals surface area contributed by atoms with E-state index in [1.807, 2.05) is 0 Å². The van der Waals surface area contributed by atoms with Crippen molar-refractivity contribution in [2.24, 2.45) is 5.92 Å². The van der Waals surface area contributed by atoms with Crippen molar-refractivity contribution in [1.29, 1.82) is 0 Å². The molecule has 0 radical (unpaired) electrons. The van der Waals surface area contributed by atoms with Gasteiger partial charge in [-0.15, -0.1) is 0 Å². The minimum atomic E-state index is -0.128. The number of carbonyl (C=O) groups excluding carboxylic acids is 1. The van der Waals surface area contributed by atoms with Gasteiger partial charge in [-0.1, -0.05) is 46.8 Å². The Morgan fingerprint density at radius 3 is 2.91 bits per heavy atom. The number of Topliss-reactive ketones (excluding diaryl/α,β-unsaturated/α-hetero) is 1. The maximum absolute atomic E-state index is 12.3. The molecule has 1 aliphatic heterocycles. The number of piperidine rings is 1. The van der Waals surface area contributed by atoms with Gasteiger partial charge in [0.2, 0.25) is 0 Å². The van der Waals surface area contributed by atoms with Gasteiger partial charge in [0.25, 0.3) is 0 Å². The Bertz CT molecular complexity index is 595. The number of aromatic hydroxyl groups is 1. The highest BCUT2D eigenvalue weighted by Gasteiger charge is 2.21. The molecule has 1 aliphatic rings. The SMILES string of the molecule is C[C@H]1CCCN(C(=S)SCC(=O)c2cc(Br)cc(Br)c2O)C1. The monoisotopic (exact) mass is 465 g/mol. The van der Waals surface area contributed by atoms with E-state index >= 15 is 0 Å². The zero-order chi connectivity index (χ0) is 16.3. The molecule has 3 nitrogen and oxygen atoms in total. The van der Waals surface area contributed by atoms with Gasteiger partial charge in [-0.05, 0) is 46.8 Å². The first-order valence-corrected chi connectivity index (χ1v) is 9.99. The molecule has 1 N–H and O–H groups in total. The number of halogens is 2. The van der Waals surface area contributed by atoms with Gasteiger partial charge in [-0.2, -0.15) is 0 Å². The Labute approximate surface area is 157 Å². The molecule has 0 unspecified atom stereocenters. The quantitative estimate of drug-likeness (QED) is 0.509. The molecule has 7 heteroatoms. The molecule has 120 valence electrons. The summed E-state index contributed by atoms with van der Waals surface area (Å²) in [6.07, 6.45) is 2.39. The second kappa shape index (κ2) is 8.13. The summed E-state index contributed by atoms with van der Waals surface area (Å²) in [6, 6.07) is 3.34. The molecule has 0 amide bonds. The number of thiocarbonyl (C=S) groups is 1. The molecule has 0 bridgehead atoms. The van der Waals surface area contributed by atoms with Crippen LogP contribution < -0.4 is 0 Å². The number of hydrogen-bond donors (Lipinski definition) is 1. The van der Waals surface area contributed by atoms with Gasteiger partial charge in [-0.3, -0.25) is 4.79 Å².